The van der Waals surface area contributed by atoms with Gasteiger partial charge in [-0.3, -0.25) is 9.59 Å². The predicted octanol–water partition coefficient (Wildman–Crippen LogP) is 4.94. The maximum absolute atomic E-state index is 12.4. The third-order valence-electron chi connectivity index (χ3n) is 7.01. The van der Waals surface area contributed by atoms with Crippen molar-refractivity contribution >= 4 is 11.8 Å². The second kappa shape index (κ2) is 7.01. The Kier molecular flexibility index (Phi) is 5.61. The largest absolute Gasteiger partial charge is 0.469 e. The summed E-state index contributed by atoms with van der Waals surface area (Å²) in [5.74, 6) is 1.53. The van der Waals surface area contributed by atoms with Crippen molar-refractivity contribution in [2.45, 2.75) is 72.6 Å². The molecule has 0 aromatic carbocycles. The van der Waals surface area contributed by atoms with Crippen LogP contribution in [-0.4, -0.2) is 18.9 Å². The summed E-state index contributed by atoms with van der Waals surface area (Å²) in [6, 6.07) is 0. The van der Waals surface area contributed by atoms with Gasteiger partial charge in [-0.1, -0.05) is 39.8 Å². The lowest BCUT2D eigenvalue weighted by molar-refractivity contribution is -0.145. The molecular formula is C21H34O3. The molecule has 0 bridgehead atoms. The smallest absolute Gasteiger partial charge is 0.305 e. The zero-order valence-electron chi connectivity index (χ0n) is 16.1. The van der Waals surface area contributed by atoms with Crippen LogP contribution in [0.4, 0.5) is 0 Å². The second-order valence-corrected chi connectivity index (χ2v) is 8.92. The zero-order chi connectivity index (χ0) is 18.1. The van der Waals surface area contributed by atoms with Crippen molar-refractivity contribution in [3.05, 3.63) is 12.2 Å². The maximum Gasteiger partial charge on any atom is 0.305 e. The maximum atomic E-state index is 12.4. The highest BCUT2D eigenvalue weighted by atomic mass is 16.5. The van der Waals surface area contributed by atoms with E-state index in [0.717, 1.165) is 32.1 Å². The van der Waals surface area contributed by atoms with E-state index in [-0.39, 0.29) is 16.8 Å². The molecule has 24 heavy (non-hydrogen) atoms. The summed E-state index contributed by atoms with van der Waals surface area (Å²) in [6.45, 7) is 13.2. The van der Waals surface area contributed by atoms with Crippen molar-refractivity contribution < 1.29 is 14.3 Å². The number of fused-ring (bicyclic) bond motifs is 1. The molecule has 0 N–H and O–H groups in total. The van der Waals surface area contributed by atoms with Crippen LogP contribution in [0.5, 0.6) is 0 Å². The van der Waals surface area contributed by atoms with E-state index in [2.05, 4.69) is 34.3 Å². The highest BCUT2D eigenvalue weighted by molar-refractivity contribution is 5.85. The Labute approximate surface area is 147 Å². The topological polar surface area (TPSA) is 43.4 Å². The number of ether oxygens (including phenoxy) is 1. The number of methoxy groups -OCH3 is 1. The van der Waals surface area contributed by atoms with E-state index in [1.807, 2.05) is 0 Å². The van der Waals surface area contributed by atoms with Gasteiger partial charge >= 0.3 is 5.97 Å². The van der Waals surface area contributed by atoms with Gasteiger partial charge in [0.1, 0.15) is 5.78 Å². The Bertz CT molecular complexity index is 519. The SMILES string of the molecule is C=C1CC[C@H]2C(C)(C)C(=O)CC[C@]2(C)[C@H]1CCC(C)CC(=O)OC. The fraction of sp³-hybridized carbons (Fsp3) is 0.810. The van der Waals surface area contributed by atoms with Crippen molar-refractivity contribution in [2.24, 2.45) is 28.6 Å². The number of allylic oxidation sites excluding steroid dienone is 1. The van der Waals surface area contributed by atoms with Gasteiger partial charge in [-0.05, 0) is 55.3 Å². The minimum atomic E-state index is -0.219. The number of hydrogen-bond acceptors (Lipinski definition) is 3. The fourth-order valence-corrected chi connectivity index (χ4v) is 5.43. The van der Waals surface area contributed by atoms with Crippen molar-refractivity contribution in [2.75, 3.05) is 7.11 Å². The molecule has 136 valence electrons. The lowest BCUT2D eigenvalue weighted by atomic mass is 9.46. The molecule has 0 aromatic heterocycles. The van der Waals surface area contributed by atoms with Gasteiger partial charge in [-0.15, -0.1) is 0 Å². The van der Waals surface area contributed by atoms with E-state index in [9.17, 15) is 9.59 Å². The molecule has 1 unspecified atom stereocenters. The summed E-state index contributed by atoms with van der Waals surface area (Å²) in [5.41, 5.74) is 1.30. The number of esters is 1. The van der Waals surface area contributed by atoms with Crippen molar-refractivity contribution in [1.82, 2.24) is 0 Å². The molecule has 2 fully saturated rings. The Morgan fingerprint density at radius 3 is 2.62 bits per heavy atom. The number of Topliss-reactive ketones (excluding diaryl/α,β-unsaturated/α-hetero) is 1. The van der Waals surface area contributed by atoms with Crippen LogP contribution in [0, 0.1) is 28.6 Å². The first-order valence-corrected chi connectivity index (χ1v) is 9.40. The minimum absolute atomic E-state index is 0.126. The molecule has 0 aliphatic heterocycles. The van der Waals surface area contributed by atoms with Crippen LogP contribution in [0.3, 0.4) is 0 Å². The van der Waals surface area contributed by atoms with Gasteiger partial charge in [0, 0.05) is 18.3 Å². The molecule has 0 spiro atoms. The molecular weight excluding hydrogens is 300 g/mol. The van der Waals surface area contributed by atoms with Crippen LogP contribution in [0.1, 0.15) is 72.6 Å². The van der Waals surface area contributed by atoms with Crippen molar-refractivity contribution in [1.29, 1.82) is 0 Å². The zero-order valence-corrected chi connectivity index (χ0v) is 16.1. The summed E-state index contributed by atoms with van der Waals surface area (Å²) in [7, 11) is 1.45. The van der Waals surface area contributed by atoms with Gasteiger partial charge in [-0.25, -0.2) is 0 Å². The van der Waals surface area contributed by atoms with Gasteiger partial charge in [0.25, 0.3) is 0 Å². The van der Waals surface area contributed by atoms with Crippen molar-refractivity contribution in [3.8, 4) is 0 Å². The predicted molar refractivity (Wildman–Crippen MR) is 96.5 cm³/mol. The minimum Gasteiger partial charge on any atom is -0.469 e. The molecule has 0 heterocycles. The third kappa shape index (κ3) is 3.45. The summed E-state index contributed by atoms with van der Waals surface area (Å²) in [5, 5.41) is 0. The Morgan fingerprint density at radius 2 is 2.00 bits per heavy atom. The number of hydrogen-bond donors (Lipinski definition) is 0. The van der Waals surface area contributed by atoms with Crippen LogP contribution in [0.15, 0.2) is 12.2 Å². The highest BCUT2D eigenvalue weighted by Gasteiger charge is 2.55. The second-order valence-electron chi connectivity index (χ2n) is 8.92. The normalized spacial score (nSPS) is 33.7. The molecule has 4 atom stereocenters. The number of ketones is 1. The van der Waals surface area contributed by atoms with E-state index in [1.54, 1.807) is 0 Å². The monoisotopic (exact) mass is 334 g/mol. The average Bonchev–Trinajstić information content (AvgIpc) is 2.50. The van der Waals surface area contributed by atoms with Crippen LogP contribution in [0.2, 0.25) is 0 Å². The summed E-state index contributed by atoms with van der Waals surface area (Å²) >= 11 is 0. The molecule has 2 saturated carbocycles. The van der Waals surface area contributed by atoms with Crippen LogP contribution in [0.25, 0.3) is 0 Å². The van der Waals surface area contributed by atoms with Gasteiger partial charge in [0.15, 0.2) is 0 Å². The Hall–Kier alpha value is -1.12. The number of rotatable bonds is 5. The molecule has 2 aliphatic carbocycles. The van der Waals surface area contributed by atoms with Crippen LogP contribution in [-0.2, 0) is 14.3 Å². The van der Waals surface area contributed by atoms with Gasteiger partial charge in [0.2, 0.25) is 0 Å². The van der Waals surface area contributed by atoms with Crippen molar-refractivity contribution in [3.63, 3.8) is 0 Å². The molecule has 2 aliphatic rings. The first-order valence-electron chi connectivity index (χ1n) is 9.40. The van der Waals surface area contributed by atoms with Gasteiger partial charge < -0.3 is 4.74 Å². The first-order chi connectivity index (χ1) is 11.1. The molecule has 0 amide bonds. The van der Waals surface area contributed by atoms with E-state index in [4.69, 9.17) is 4.74 Å². The molecule has 2 rings (SSSR count). The average molecular weight is 335 g/mol. The van der Waals surface area contributed by atoms with Gasteiger partial charge in [-0.2, -0.15) is 0 Å². The molecule has 0 saturated heterocycles. The first kappa shape index (κ1) is 19.2. The standard InChI is InChI=1S/C21H34O3/c1-14(13-19(23)24-6)7-9-16-15(2)8-10-17-20(3,4)18(22)11-12-21(16,17)5/h14,16-17H,2,7-13H2,1,3-6H3/t14?,16-,17-,21+/m0/s1. The van der Waals surface area contributed by atoms with E-state index in [1.165, 1.54) is 12.7 Å². The quantitative estimate of drug-likeness (QED) is 0.528. The third-order valence-corrected chi connectivity index (χ3v) is 7.01. The number of carbonyl (C=O) groups excluding carboxylic acids is 2. The van der Waals surface area contributed by atoms with Crippen LogP contribution >= 0.6 is 0 Å². The lowest BCUT2D eigenvalue weighted by Gasteiger charge is -2.57. The van der Waals surface area contributed by atoms with E-state index < -0.39 is 0 Å². The molecule has 0 aromatic rings. The lowest BCUT2D eigenvalue weighted by Crippen LogP contribution is -2.53. The van der Waals surface area contributed by atoms with E-state index >= 15 is 0 Å². The fourth-order valence-electron chi connectivity index (χ4n) is 5.43. The Morgan fingerprint density at radius 1 is 1.33 bits per heavy atom. The summed E-state index contributed by atoms with van der Waals surface area (Å²) < 4.78 is 4.78. The molecule has 3 nitrogen and oxygen atoms in total. The summed E-state index contributed by atoms with van der Waals surface area (Å²) in [4.78, 5) is 23.9. The van der Waals surface area contributed by atoms with E-state index in [0.29, 0.717) is 36.4 Å². The summed E-state index contributed by atoms with van der Waals surface area (Å²) in [6.07, 6.45) is 6.36. The molecule has 0 radical (unpaired) electrons. The Balaban J connectivity index is 2.12. The highest BCUT2D eigenvalue weighted by Crippen LogP contribution is 2.60. The molecule has 3 heteroatoms. The van der Waals surface area contributed by atoms with Gasteiger partial charge in [0.05, 0.1) is 7.11 Å². The number of carbonyl (C=O) groups is 2. The van der Waals surface area contributed by atoms with Crippen LogP contribution < -0.4 is 0 Å².